The fraction of sp³-hybridized carbons (Fsp3) is 0.400. The van der Waals surface area contributed by atoms with Crippen molar-refractivity contribution in [1.82, 2.24) is 20.1 Å². The topological polar surface area (TPSA) is 121 Å². The molecule has 25 heavy (non-hydrogen) atoms. The van der Waals surface area contributed by atoms with Gasteiger partial charge in [-0.15, -0.1) is 10.2 Å². The number of nitrogens with one attached hydrogen (secondary N) is 1. The first kappa shape index (κ1) is 16.7. The minimum absolute atomic E-state index is 0.108. The fourth-order valence-electron chi connectivity index (χ4n) is 2.80. The molecule has 0 saturated heterocycles. The highest BCUT2D eigenvalue weighted by Crippen LogP contribution is 2.34. The van der Waals surface area contributed by atoms with Crippen LogP contribution in [0.1, 0.15) is 28.4 Å². The molecule has 3 rings (SSSR count). The molecule has 0 unspecified atom stereocenters. The summed E-state index contributed by atoms with van der Waals surface area (Å²) in [5, 5.41) is 22.0. The number of rotatable bonds is 6. The molecule has 0 fully saturated rings. The van der Waals surface area contributed by atoms with Crippen molar-refractivity contribution in [2.24, 2.45) is 0 Å². The van der Waals surface area contributed by atoms with Gasteiger partial charge < -0.3 is 19.4 Å². The van der Waals surface area contributed by atoms with E-state index in [1.165, 1.54) is 26.4 Å². The normalized spacial score (nSPS) is 12.6. The molecule has 1 aliphatic heterocycles. The monoisotopic (exact) mass is 347 g/mol. The zero-order chi connectivity index (χ0) is 18.0. The first-order valence-electron chi connectivity index (χ1n) is 7.64. The first-order chi connectivity index (χ1) is 12.0. The number of hydrogen-bond acceptors (Lipinski definition) is 7. The Balaban J connectivity index is 1.84. The van der Waals surface area contributed by atoms with Crippen LogP contribution in [0.3, 0.4) is 0 Å². The predicted molar refractivity (Wildman–Crippen MR) is 85.7 cm³/mol. The van der Waals surface area contributed by atoms with E-state index in [0.29, 0.717) is 5.82 Å². The standard InChI is InChI=1S/C15H17N5O5/c1-24-11-6-9(10(20(22)23)7-12(11)25-2)15(21)16-8-14-18-17-13-4-3-5-19(13)14/h6-7H,3-5,8H2,1-2H3,(H,16,21). The number of carbonyl (C=O) groups is 1. The maximum atomic E-state index is 12.5. The number of carbonyl (C=O) groups excluding carboxylic acids is 1. The predicted octanol–water partition coefficient (Wildman–Crippen LogP) is 1.08. The van der Waals surface area contributed by atoms with E-state index < -0.39 is 10.8 Å². The Hall–Kier alpha value is -3.17. The van der Waals surface area contributed by atoms with Gasteiger partial charge in [-0.3, -0.25) is 14.9 Å². The smallest absolute Gasteiger partial charge is 0.286 e. The van der Waals surface area contributed by atoms with Crippen molar-refractivity contribution in [1.29, 1.82) is 0 Å². The number of ether oxygens (including phenoxy) is 2. The SMILES string of the molecule is COc1cc(C(=O)NCc2nnc3n2CCC3)c([N+](=O)[O-])cc1OC. The Morgan fingerprint density at radius 2 is 2.04 bits per heavy atom. The lowest BCUT2D eigenvalue weighted by Gasteiger charge is -2.11. The highest BCUT2D eigenvalue weighted by Gasteiger charge is 2.25. The van der Waals surface area contributed by atoms with E-state index >= 15 is 0 Å². The molecule has 1 aromatic heterocycles. The van der Waals surface area contributed by atoms with Gasteiger partial charge in [0.2, 0.25) is 0 Å². The van der Waals surface area contributed by atoms with Crippen molar-refractivity contribution in [3.8, 4) is 11.5 Å². The van der Waals surface area contributed by atoms with Crippen molar-refractivity contribution in [3.05, 3.63) is 39.5 Å². The van der Waals surface area contributed by atoms with Crippen LogP contribution >= 0.6 is 0 Å². The molecule has 2 heterocycles. The van der Waals surface area contributed by atoms with E-state index in [1.807, 2.05) is 4.57 Å². The largest absolute Gasteiger partial charge is 0.493 e. The molecule has 1 aromatic carbocycles. The number of amides is 1. The molecule has 1 amide bonds. The summed E-state index contributed by atoms with van der Waals surface area (Å²) in [5.74, 6) is 1.34. The Morgan fingerprint density at radius 1 is 1.32 bits per heavy atom. The Morgan fingerprint density at radius 3 is 2.72 bits per heavy atom. The summed E-state index contributed by atoms with van der Waals surface area (Å²) in [7, 11) is 2.76. The zero-order valence-electron chi connectivity index (χ0n) is 13.8. The molecule has 132 valence electrons. The van der Waals surface area contributed by atoms with Crippen LogP contribution < -0.4 is 14.8 Å². The van der Waals surface area contributed by atoms with Crippen LogP contribution in [-0.2, 0) is 19.5 Å². The molecular formula is C15H17N5O5. The number of methoxy groups -OCH3 is 2. The van der Waals surface area contributed by atoms with Gasteiger partial charge in [0.1, 0.15) is 11.4 Å². The summed E-state index contributed by atoms with van der Waals surface area (Å²) < 4.78 is 12.1. The molecule has 1 aliphatic rings. The van der Waals surface area contributed by atoms with Crippen LogP contribution in [0.4, 0.5) is 5.69 Å². The second kappa shape index (κ2) is 6.75. The van der Waals surface area contributed by atoms with Gasteiger partial charge in [0.05, 0.1) is 31.8 Å². The van der Waals surface area contributed by atoms with Gasteiger partial charge >= 0.3 is 0 Å². The summed E-state index contributed by atoms with van der Waals surface area (Å²) in [6.45, 7) is 0.946. The van der Waals surface area contributed by atoms with E-state index in [4.69, 9.17) is 9.47 Å². The number of nitro benzene ring substituents is 1. The van der Waals surface area contributed by atoms with Crippen LogP contribution in [-0.4, -0.2) is 39.8 Å². The number of aryl methyl sites for hydroxylation is 1. The number of nitro groups is 1. The van der Waals surface area contributed by atoms with Crippen LogP contribution in [0.5, 0.6) is 11.5 Å². The van der Waals surface area contributed by atoms with Gasteiger partial charge in [-0.25, -0.2) is 0 Å². The number of hydrogen-bond donors (Lipinski definition) is 1. The van der Waals surface area contributed by atoms with Crippen LogP contribution in [0.25, 0.3) is 0 Å². The van der Waals surface area contributed by atoms with Crippen LogP contribution in [0.2, 0.25) is 0 Å². The van der Waals surface area contributed by atoms with Gasteiger partial charge in [0.25, 0.3) is 11.6 Å². The van der Waals surface area contributed by atoms with E-state index in [0.717, 1.165) is 25.2 Å². The van der Waals surface area contributed by atoms with E-state index in [2.05, 4.69) is 15.5 Å². The highest BCUT2D eigenvalue weighted by molar-refractivity contribution is 5.99. The second-order valence-corrected chi connectivity index (χ2v) is 5.45. The average Bonchev–Trinajstić information content (AvgIpc) is 3.22. The van der Waals surface area contributed by atoms with Crippen molar-refractivity contribution in [2.75, 3.05) is 14.2 Å². The number of fused-ring (bicyclic) bond motifs is 1. The van der Waals surface area contributed by atoms with Gasteiger partial charge in [-0.2, -0.15) is 0 Å². The fourth-order valence-corrected chi connectivity index (χ4v) is 2.80. The molecule has 0 radical (unpaired) electrons. The highest BCUT2D eigenvalue weighted by atomic mass is 16.6. The third kappa shape index (κ3) is 3.10. The third-order valence-corrected chi connectivity index (χ3v) is 4.04. The van der Waals surface area contributed by atoms with Gasteiger partial charge in [-0.05, 0) is 6.42 Å². The molecule has 0 spiro atoms. The molecule has 1 N–H and O–H groups in total. The molecular weight excluding hydrogens is 330 g/mol. The van der Waals surface area contributed by atoms with Crippen LogP contribution in [0.15, 0.2) is 12.1 Å². The van der Waals surface area contributed by atoms with Gasteiger partial charge in [0, 0.05) is 19.0 Å². The molecule has 0 bridgehead atoms. The lowest BCUT2D eigenvalue weighted by molar-refractivity contribution is -0.385. The number of benzene rings is 1. The lowest BCUT2D eigenvalue weighted by Crippen LogP contribution is -2.25. The third-order valence-electron chi connectivity index (χ3n) is 4.04. The summed E-state index contributed by atoms with van der Waals surface area (Å²) in [4.78, 5) is 23.1. The average molecular weight is 347 g/mol. The quantitative estimate of drug-likeness (QED) is 0.613. The van der Waals surface area contributed by atoms with E-state index in [-0.39, 0.29) is 29.3 Å². The Labute approximate surface area is 142 Å². The van der Waals surface area contributed by atoms with Gasteiger partial charge in [0.15, 0.2) is 17.3 Å². The first-order valence-corrected chi connectivity index (χ1v) is 7.64. The van der Waals surface area contributed by atoms with Crippen molar-refractivity contribution < 1.29 is 19.2 Å². The summed E-state index contributed by atoms with van der Waals surface area (Å²) in [5.41, 5.74) is -0.467. The van der Waals surface area contributed by atoms with Gasteiger partial charge in [-0.1, -0.05) is 0 Å². The van der Waals surface area contributed by atoms with Crippen molar-refractivity contribution >= 4 is 11.6 Å². The molecule has 10 heteroatoms. The Bertz CT molecular complexity index is 832. The summed E-state index contributed by atoms with van der Waals surface area (Å²) >= 11 is 0. The second-order valence-electron chi connectivity index (χ2n) is 5.45. The summed E-state index contributed by atoms with van der Waals surface area (Å²) in [6, 6.07) is 2.46. The maximum Gasteiger partial charge on any atom is 0.286 e. The maximum absolute atomic E-state index is 12.5. The van der Waals surface area contributed by atoms with E-state index in [9.17, 15) is 14.9 Å². The number of nitrogens with zero attached hydrogens (tertiary/aromatic N) is 4. The molecule has 0 saturated carbocycles. The zero-order valence-corrected chi connectivity index (χ0v) is 13.8. The lowest BCUT2D eigenvalue weighted by atomic mass is 10.1. The van der Waals surface area contributed by atoms with E-state index in [1.54, 1.807) is 0 Å². The molecule has 10 nitrogen and oxygen atoms in total. The molecule has 0 atom stereocenters. The van der Waals surface area contributed by atoms with Crippen molar-refractivity contribution in [2.45, 2.75) is 25.9 Å². The van der Waals surface area contributed by atoms with Crippen LogP contribution in [0, 0.1) is 10.1 Å². The molecule has 2 aromatic rings. The number of aromatic nitrogens is 3. The molecule has 0 aliphatic carbocycles. The minimum atomic E-state index is -0.633. The summed E-state index contributed by atoms with van der Waals surface area (Å²) in [6.07, 6.45) is 1.86. The van der Waals surface area contributed by atoms with Crippen molar-refractivity contribution in [3.63, 3.8) is 0 Å². The Kier molecular flexibility index (Phi) is 4.50. The minimum Gasteiger partial charge on any atom is -0.493 e.